The summed E-state index contributed by atoms with van der Waals surface area (Å²) in [6.45, 7) is 3.95. The summed E-state index contributed by atoms with van der Waals surface area (Å²) in [5.74, 6) is -1.31. The highest BCUT2D eigenvalue weighted by Gasteiger charge is 2.47. The molecule has 9 heteroatoms. The quantitative estimate of drug-likeness (QED) is 0.575. The van der Waals surface area contributed by atoms with Crippen LogP contribution in [0.2, 0.25) is 0 Å². The third-order valence-corrected chi connectivity index (χ3v) is 6.05. The highest BCUT2D eigenvalue weighted by atomic mass is 79.9. The number of nitrogens with one attached hydrogen (secondary N) is 3. The van der Waals surface area contributed by atoms with Crippen molar-refractivity contribution < 1.29 is 17.9 Å². The van der Waals surface area contributed by atoms with E-state index >= 15 is 0 Å². The van der Waals surface area contributed by atoms with Gasteiger partial charge in [0.25, 0.3) is 0 Å². The van der Waals surface area contributed by atoms with Gasteiger partial charge in [-0.15, -0.1) is 0 Å². The summed E-state index contributed by atoms with van der Waals surface area (Å²) in [6.07, 6.45) is 0.606. The first kappa shape index (κ1) is 19.3. The number of carbonyl (C=O) groups excluding carboxylic acids is 1. The summed E-state index contributed by atoms with van der Waals surface area (Å²) in [5.41, 5.74) is 6.43. The maximum atomic E-state index is 12.6. The standard InChI is InChI=1S/C15H22BrN3O4S/c1-3-12-13(15(20)23-4-2)14(19-18-12)24(21,22)17-9-10-5-7-11(16)8-6-10/h5-8,12-14,17-19H,3-4,9H2,1-2H3. The zero-order chi connectivity index (χ0) is 17.7. The van der Waals surface area contributed by atoms with Gasteiger partial charge >= 0.3 is 5.97 Å². The number of esters is 1. The molecule has 7 nitrogen and oxygen atoms in total. The molecule has 1 heterocycles. The first-order chi connectivity index (χ1) is 11.4. The van der Waals surface area contributed by atoms with Gasteiger partial charge in [-0.25, -0.2) is 18.6 Å². The minimum absolute atomic E-state index is 0.153. The monoisotopic (exact) mass is 419 g/mol. The molecule has 24 heavy (non-hydrogen) atoms. The molecule has 0 saturated carbocycles. The van der Waals surface area contributed by atoms with Crippen LogP contribution in [0.3, 0.4) is 0 Å². The topological polar surface area (TPSA) is 96.5 Å². The first-order valence-corrected chi connectivity index (χ1v) is 10.1. The molecule has 1 saturated heterocycles. The van der Waals surface area contributed by atoms with Crippen molar-refractivity contribution in [2.24, 2.45) is 5.92 Å². The summed E-state index contributed by atoms with van der Waals surface area (Å²) in [4.78, 5) is 12.2. The lowest BCUT2D eigenvalue weighted by Crippen LogP contribution is -2.47. The normalized spacial score (nSPS) is 24.0. The molecule has 0 radical (unpaired) electrons. The first-order valence-electron chi connectivity index (χ1n) is 7.79. The minimum atomic E-state index is -3.76. The van der Waals surface area contributed by atoms with E-state index in [1.165, 1.54) is 0 Å². The van der Waals surface area contributed by atoms with Crippen LogP contribution in [0.1, 0.15) is 25.8 Å². The predicted molar refractivity (Wildman–Crippen MR) is 94.2 cm³/mol. The van der Waals surface area contributed by atoms with E-state index in [0.29, 0.717) is 6.42 Å². The Morgan fingerprint density at radius 1 is 1.25 bits per heavy atom. The van der Waals surface area contributed by atoms with E-state index in [-0.39, 0.29) is 19.2 Å². The zero-order valence-corrected chi connectivity index (χ0v) is 16.0. The van der Waals surface area contributed by atoms with Crippen molar-refractivity contribution in [1.82, 2.24) is 15.6 Å². The number of benzene rings is 1. The summed E-state index contributed by atoms with van der Waals surface area (Å²) < 4.78 is 33.8. The Morgan fingerprint density at radius 2 is 1.92 bits per heavy atom. The van der Waals surface area contributed by atoms with Crippen LogP contribution in [-0.2, 0) is 26.1 Å². The minimum Gasteiger partial charge on any atom is -0.466 e. The molecule has 3 N–H and O–H groups in total. The van der Waals surface area contributed by atoms with E-state index in [1.54, 1.807) is 6.92 Å². The highest BCUT2D eigenvalue weighted by Crippen LogP contribution is 2.23. The summed E-state index contributed by atoms with van der Waals surface area (Å²) in [7, 11) is -3.76. The molecule has 0 amide bonds. The fourth-order valence-electron chi connectivity index (χ4n) is 2.61. The van der Waals surface area contributed by atoms with Crippen LogP contribution >= 0.6 is 15.9 Å². The molecular weight excluding hydrogens is 398 g/mol. The Balaban J connectivity index is 2.11. The average Bonchev–Trinajstić information content (AvgIpc) is 2.99. The van der Waals surface area contributed by atoms with Crippen LogP contribution in [0.25, 0.3) is 0 Å². The molecule has 0 aromatic heterocycles. The van der Waals surface area contributed by atoms with Gasteiger partial charge in [0.15, 0.2) is 5.37 Å². The van der Waals surface area contributed by atoms with Gasteiger partial charge in [-0.05, 0) is 31.0 Å². The summed E-state index contributed by atoms with van der Waals surface area (Å²) in [6, 6.07) is 7.04. The molecular formula is C15H22BrN3O4S. The van der Waals surface area contributed by atoms with E-state index in [1.807, 2.05) is 31.2 Å². The van der Waals surface area contributed by atoms with E-state index in [0.717, 1.165) is 10.0 Å². The molecule has 2 rings (SSSR count). The van der Waals surface area contributed by atoms with Gasteiger partial charge < -0.3 is 4.74 Å². The van der Waals surface area contributed by atoms with Crippen LogP contribution in [0.4, 0.5) is 0 Å². The average molecular weight is 420 g/mol. The molecule has 1 aliphatic rings. The summed E-state index contributed by atoms with van der Waals surface area (Å²) >= 11 is 3.33. The van der Waals surface area contributed by atoms with Crippen molar-refractivity contribution in [2.45, 2.75) is 38.2 Å². The summed E-state index contributed by atoms with van der Waals surface area (Å²) in [5, 5.41) is -1.07. The fraction of sp³-hybridized carbons (Fsp3) is 0.533. The van der Waals surface area contributed by atoms with E-state index in [9.17, 15) is 13.2 Å². The van der Waals surface area contributed by atoms with Crippen molar-refractivity contribution in [3.05, 3.63) is 34.3 Å². The lowest BCUT2D eigenvalue weighted by Gasteiger charge is -2.21. The number of ether oxygens (including phenoxy) is 1. The Hall–Kier alpha value is -1.00. The second-order valence-corrected chi connectivity index (χ2v) is 8.30. The molecule has 1 aromatic rings. The maximum Gasteiger partial charge on any atom is 0.313 e. The Labute approximate surface area is 150 Å². The predicted octanol–water partition coefficient (Wildman–Crippen LogP) is 1.26. The third kappa shape index (κ3) is 4.54. The number of rotatable bonds is 7. The van der Waals surface area contributed by atoms with Crippen LogP contribution in [0.5, 0.6) is 0 Å². The smallest absolute Gasteiger partial charge is 0.313 e. The van der Waals surface area contributed by atoms with E-state index < -0.39 is 27.3 Å². The van der Waals surface area contributed by atoms with Gasteiger partial charge in [0.05, 0.1) is 6.61 Å². The van der Waals surface area contributed by atoms with Crippen molar-refractivity contribution in [1.29, 1.82) is 0 Å². The van der Waals surface area contributed by atoms with Crippen molar-refractivity contribution >= 4 is 31.9 Å². The van der Waals surface area contributed by atoms with Crippen LogP contribution in [0.15, 0.2) is 28.7 Å². The Bertz CT molecular complexity index is 666. The number of halogens is 1. The number of sulfonamides is 1. The zero-order valence-electron chi connectivity index (χ0n) is 13.6. The molecule has 1 aliphatic heterocycles. The van der Waals surface area contributed by atoms with Gasteiger partial charge in [0.2, 0.25) is 10.0 Å². The van der Waals surface area contributed by atoms with Crippen molar-refractivity contribution in [3.63, 3.8) is 0 Å². The third-order valence-electron chi connectivity index (χ3n) is 3.89. The van der Waals surface area contributed by atoms with Crippen LogP contribution in [-0.4, -0.2) is 32.4 Å². The maximum absolute atomic E-state index is 12.6. The number of hydrogen-bond donors (Lipinski definition) is 3. The molecule has 3 unspecified atom stereocenters. The fourth-order valence-corrected chi connectivity index (χ4v) is 4.33. The van der Waals surface area contributed by atoms with Gasteiger partial charge in [-0.3, -0.25) is 10.2 Å². The van der Waals surface area contributed by atoms with Gasteiger partial charge in [0.1, 0.15) is 5.92 Å². The van der Waals surface area contributed by atoms with Crippen LogP contribution in [0, 0.1) is 5.92 Å². The molecule has 0 spiro atoms. The largest absolute Gasteiger partial charge is 0.466 e. The van der Waals surface area contributed by atoms with E-state index in [2.05, 4.69) is 31.5 Å². The number of carbonyl (C=O) groups is 1. The molecule has 1 fully saturated rings. The van der Waals surface area contributed by atoms with E-state index in [4.69, 9.17) is 4.74 Å². The Kier molecular flexibility index (Phi) is 6.76. The SMILES string of the molecule is CCOC(=O)C1C(CC)NNC1S(=O)(=O)NCc1ccc(Br)cc1. The van der Waals surface area contributed by atoms with Crippen LogP contribution < -0.4 is 15.6 Å². The Morgan fingerprint density at radius 3 is 2.50 bits per heavy atom. The lowest BCUT2D eigenvalue weighted by molar-refractivity contribution is -0.148. The van der Waals surface area contributed by atoms with Crippen molar-refractivity contribution in [3.8, 4) is 0 Å². The van der Waals surface area contributed by atoms with Gasteiger partial charge in [-0.2, -0.15) is 0 Å². The van der Waals surface area contributed by atoms with Gasteiger partial charge in [0, 0.05) is 17.1 Å². The molecule has 0 aliphatic carbocycles. The highest BCUT2D eigenvalue weighted by molar-refractivity contribution is 9.10. The van der Waals surface area contributed by atoms with Gasteiger partial charge in [-0.1, -0.05) is 35.0 Å². The second kappa shape index (κ2) is 8.39. The lowest BCUT2D eigenvalue weighted by atomic mass is 10.00. The van der Waals surface area contributed by atoms with Crippen molar-refractivity contribution in [2.75, 3.05) is 6.61 Å². The molecule has 0 bridgehead atoms. The molecule has 1 aromatic carbocycles. The number of hydrazine groups is 1. The molecule has 134 valence electrons. The molecule has 3 atom stereocenters. The number of hydrogen-bond acceptors (Lipinski definition) is 6. The second-order valence-electron chi connectivity index (χ2n) is 5.49.